The molecule has 5 heteroatoms. The quantitative estimate of drug-likeness (QED) is 0.307. The minimum atomic E-state index is -0.343. The van der Waals surface area contributed by atoms with Crippen LogP contribution in [0.4, 0.5) is 0 Å². The fraction of sp³-hybridized carbons (Fsp3) is 0.667. The van der Waals surface area contributed by atoms with Crippen LogP contribution in [-0.4, -0.2) is 22.2 Å². The van der Waals surface area contributed by atoms with Gasteiger partial charge in [-0.3, -0.25) is 4.79 Å². The third-order valence-electron chi connectivity index (χ3n) is 1.87. The Morgan fingerprint density at radius 3 is 2.76 bits per heavy atom. The summed E-state index contributed by atoms with van der Waals surface area (Å²) in [5.41, 5.74) is 0. The first-order valence-electron chi connectivity index (χ1n) is 5.80. The smallest absolute Gasteiger partial charge is 0.324 e. The van der Waals surface area contributed by atoms with E-state index in [9.17, 15) is 4.79 Å². The van der Waals surface area contributed by atoms with E-state index in [1.807, 2.05) is 13.0 Å². The third-order valence-corrected chi connectivity index (χ3v) is 3.13. The van der Waals surface area contributed by atoms with Crippen molar-refractivity contribution in [3.63, 3.8) is 0 Å². The van der Waals surface area contributed by atoms with Crippen molar-refractivity contribution in [1.82, 2.24) is 0 Å². The number of carbonyl (C=O) groups excluding carboxylic acids is 1. The molecule has 0 N–H and O–H groups in total. The fourth-order valence-electron chi connectivity index (χ4n) is 0.945. The lowest BCUT2D eigenvalue weighted by Gasteiger charge is -2.09. The second-order valence-corrected chi connectivity index (χ2v) is 5.34. The minimum Gasteiger partial charge on any atom is -0.479 e. The number of hydrogen-bond donors (Lipinski definition) is 0. The molecule has 0 rings (SSSR count). The minimum absolute atomic E-state index is 0.301. The molecule has 0 aliphatic carbocycles. The summed E-state index contributed by atoms with van der Waals surface area (Å²) in [6.45, 7) is 6.24. The Balaban J connectivity index is 3.81. The lowest BCUT2D eigenvalue weighted by Crippen LogP contribution is -2.17. The van der Waals surface area contributed by atoms with E-state index in [1.165, 1.54) is 18.0 Å². The first kappa shape index (κ1) is 16.4. The van der Waals surface area contributed by atoms with Gasteiger partial charge in [0.05, 0.1) is 12.9 Å². The highest BCUT2D eigenvalue weighted by Crippen LogP contribution is 2.15. The molecule has 0 saturated carbocycles. The van der Waals surface area contributed by atoms with E-state index in [2.05, 4.69) is 6.92 Å². The number of rotatable bonds is 7. The number of thioether (sulfide) groups is 1. The molecule has 0 aliphatic rings. The van der Waals surface area contributed by atoms with E-state index in [-0.39, 0.29) is 11.2 Å². The van der Waals surface area contributed by atoms with Crippen molar-refractivity contribution in [2.24, 2.45) is 0 Å². The van der Waals surface area contributed by atoms with Gasteiger partial charge in [0, 0.05) is 0 Å². The highest BCUT2D eigenvalue weighted by molar-refractivity contribution is 8.23. The summed E-state index contributed by atoms with van der Waals surface area (Å²) in [5.74, 6) is -0.301. The summed E-state index contributed by atoms with van der Waals surface area (Å²) < 4.78 is 10.4. The number of ether oxygens (including phenoxy) is 2. The average molecular weight is 276 g/mol. The Labute approximate surface area is 113 Å². The summed E-state index contributed by atoms with van der Waals surface area (Å²) >= 11 is 6.13. The van der Waals surface area contributed by atoms with Crippen LogP contribution in [0.3, 0.4) is 0 Å². The number of allylic oxidation sites excluding steroid dienone is 1. The number of hydrogen-bond acceptors (Lipinski definition) is 5. The van der Waals surface area contributed by atoms with Crippen LogP contribution in [0.15, 0.2) is 12.3 Å². The molecule has 1 atom stereocenters. The zero-order valence-electron chi connectivity index (χ0n) is 10.6. The second-order valence-electron chi connectivity index (χ2n) is 3.39. The molecular formula is C12H20O3S2. The summed E-state index contributed by atoms with van der Waals surface area (Å²) in [4.78, 5) is 11.5. The maximum atomic E-state index is 11.5. The molecule has 0 amide bonds. The van der Waals surface area contributed by atoms with E-state index in [0.717, 1.165) is 19.3 Å². The largest absolute Gasteiger partial charge is 0.479 e. The molecule has 0 radical (unpaired) electrons. The molecule has 0 aromatic heterocycles. The standard InChI is InChI=1S/C12H20O3S2/c1-4-6-7-8-9-15-11(13)10(3)17-12(16)14-5-2/h8-10H,4-7H2,1-3H3. The van der Waals surface area contributed by atoms with Crippen LogP contribution in [-0.2, 0) is 14.3 Å². The zero-order chi connectivity index (χ0) is 13.1. The van der Waals surface area contributed by atoms with Gasteiger partial charge in [-0.25, -0.2) is 0 Å². The highest BCUT2D eigenvalue weighted by Gasteiger charge is 2.17. The number of unbranched alkanes of at least 4 members (excludes halogenated alkanes) is 2. The Hall–Kier alpha value is -0.550. The van der Waals surface area contributed by atoms with Gasteiger partial charge in [0.15, 0.2) is 0 Å². The number of thiocarbonyl (C=S) groups is 1. The van der Waals surface area contributed by atoms with Crippen LogP contribution < -0.4 is 0 Å². The second kappa shape index (κ2) is 10.6. The molecule has 98 valence electrons. The van der Waals surface area contributed by atoms with Crippen LogP contribution in [0, 0.1) is 0 Å². The molecule has 1 unspecified atom stereocenters. The zero-order valence-corrected chi connectivity index (χ0v) is 12.2. The first-order chi connectivity index (χ1) is 8.11. The monoisotopic (exact) mass is 276 g/mol. The van der Waals surface area contributed by atoms with Crippen molar-refractivity contribution in [3.05, 3.63) is 12.3 Å². The maximum Gasteiger partial charge on any atom is 0.324 e. The van der Waals surface area contributed by atoms with Gasteiger partial charge in [-0.2, -0.15) is 0 Å². The van der Waals surface area contributed by atoms with Crippen LogP contribution >= 0.6 is 24.0 Å². The van der Waals surface area contributed by atoms with Crippen LogP contribution in [0.5, 0.6) is 0 Å². The van der Waals surface area contributed by atoms with Gasteiger partial charge in [0.2, 0.25) is 4.38 Å². The molecule has 0 bridgehead atoms. The van der Waals surface area contributed by atoms with E-state index < -0.39 is 0 Å². The third kappa shape index (κ3) is 9.18. The predicted octanol–water partition coefficient (Wildman–Crippen LogP) is 3.68. The molecule has 3 nitrogen and oxygen atoms in total. The number of carbonyl (C=O) groups is 1. The molecule has 0 fully saturated rings. The van der Waals surface area contributed by atoms with Crippen molar-refractivity contribution < 1.29 is 14.3 Å². The normalized spacial score (nSPS) is 12.4. The van der Waals surface area contributed by atoms with Gasteiger partial charge in [0.25, 0.3) is 0 Å². The molecular weight excluding hydrogens is 256 g/mol. The van der Waals surface area contributed by atoms with Gasteiger partial charge in [-0.1, -0.05) is 25.1 Å². The van der Waals surface area contributed by atoms with Crippen molar-refractivity contribution in [2.45, 2.75) is 45.3 Å². The van der Waals surface area contributed by atoms with Gasteiger partial charge in [-0.05, 0) is 45.0 Å². The van der Waals surface area contributed by atoms with E-state index in [0.29, 0.717) is 11.0 Å². The lowest BCUT2D eigenvalue weighted by atomic mass is 10.2. The summed E-state index contributed by atoms with van der Waals surface area (Å²) in [7, 11) is 0. The molecule has 0 spiro atoms. The van der Waals surface area contributed by atoms with Crippen LogP contribution in [0.1, 0.15) is 40.0 Å². The van der Waals surface area contributed by atoms with Gasteiger partial charge >= 0.3 is 5.97 Å². The number of esters is 1. The molecule has 0 saturated heterocycles. The highest BCUT2D eigenvalue weighted by atomic mass is 32.2. The van der Waals surface area contributed by atoms with E-state index in [1.54, 1.807) is 6.92 Å². The SMILES string of the molecule is CCCCC=COC(=O)C(C)SC(=S)OCC. The van der Waals surface area contributed by atoms with Crippen molar-refractivity contribution >= 4 is 34.3 Å². The van der Waals surface area contributed by atoms with Gasteiger partial charge in [0.1, 0.15) is 5.25 Å². The Bertz CT molecular complexity index is 264. The fourth-order valence-corrected chi connectivity index (χ4v) is 2.12. The van der Waals surface area contributed by atoms with Crippen LogP contribution in [0.2, 0.25) is 0 Å². The van der Waals surface area contributed by atoms with Gasteiger partial charge < -0.3 is 9.47 Å². The first-order valence-corrected chi connectivity index (χ1v) is 7.09. The van der Waals surface area contributed by atoms with Crippen molar-refractivity contribution in [2.75, 3.05) is 6.61 Å². The predicted molar refractivity (Wildman–Crippen MR) is 76.0 cm³/mol. The Morgan fingerprint density at radius 2 is 2.18 bits per heavy atom. The Kier molecular flexibility index (Phi) is 10.3. The van der Waals surface area contributed by atoms with E-state index in [4.69, 9.17) is 21.7 Å². The molecule has 17 heavy (non-hydrogen) atoms. The molecule has 0 aromatic rings. The van der Waals surface area contributed by atoms with Crippen LogP contribution in [0.25, 0.3) is 0 Å². The lowest BCUT2D eigenvalue weighted by molar-refractivity contribution is -0.137. The van der Waals surface area contributed by atoms with Crippen molar-refractivity contribution in [3.8, 4) is 0 Å². The van der Waals surface area contributed by atoms with Crippen molar-refractivity contribution in [1.29, 1.82) is 0 Å². The van der Waals surface area contributed by atoms with Gasteiger partial charge in [-0.15, -0.1) is 0 Å². The topological polar surface area (TPSA) is 35.5 Å². The molecule has 0 aromatic carbocycles. The summed E-state index contributed by atoms with van der Waals surface area (Å²) in [6, 6.07) is 0. The van der Waals surface area contributed by atoms with E-state index >= 15 is 0 Å². The molecule has 0 aliphatic heterocycles. The maximum absolute atomic E-state index is 11.5. The average Bonchev–Trinajstić information content (AvgIpc) is 2.28. The summed E-state index contributed by atoms with van der Waals surface area (Å²) in [6.07, 6.45) is 6.49. The summed E-state index contributed by atoms with van der Waals surface area (Å²) in [5, 5.41) is -0.343. The molecule has 0 heterocycles. The Morgan fingerprint density at radius 1 is 1.47 bits per heavy atom.